The lowest BCUT2D eigenvalue weighted by atomic mass is 9.92. The molecule has 0 aromatic heterocycles. The predicted octanol–water partition coefficient (Wildman–Crippen LogP) is 4.75. The molecule has 0 saturated heterocycles. The molecule has 0 aliphatic heterocycles. The van der Waals surface area contributed by atoms with Gasteiger partial charge in [-0.25, -0.2) is 0 Å². The van der Waals surface area contributed by atoms with Gasteiger partial charge in [-0.3, -0.25) is 0 Å². The van der Waals surface area contributed by atoms with E-state index in [-0.39, 0.29) is 0 Å². The largest absolute Gasteiger partial charge is 0.308 e. The molecule has 0 radical (unpaired) electrons. The fourth-order valence-electron chi connectivity index (χ4n) is 3.06. The highest BCUT2D eigenvalue weighted by Gasteiger charge is 2.21. The van der Waals surface area contributed by atoms with E-state index in [0.717, 1.165) is 23.9 Å². The second-order valence-corrected chi connectivity index (χ2v) is 6.46. The summed E-state index contributed by atoms with van der Waals surface area (Å²) in [5.41, 5.74) is 1.32. The molecule has 120 valence electrons. The van der Waals surface area contributed by atoms with E-state index in [1.165, 1.54) is 18.4 Å². The third-order valence-electron chi connectivity index (χ3n) is 4.51. The minimum absolute atomic E-state index is 0.402. The van der Waals surface area contributed by atoms with Gasteiger partial charge in [0.2, 0.25) is 0 Å². The fourth-order valence-corrected chi connectivity index (χ4v) is 3.19. The molecule has 21 heavy (non-hydrogen) atoms. The molecule has 0 heterocycles. The first kappa shape index (κ1) is 18.5. The van der Waals surface area contributed by atoms with Crippen LogP contribution in [-0.2, 0) is 0 Å². The maximum absolute atomic E-state index is 5.98. The van der Waals surface area contributed by atoms with Crippen LogP contribution in [0.1, 0.15) is 51.6 Å². The Morgan fingerprint density at radius 3 is 2.00 bits per heavy atom. The topological polar surface area (TPSA) is 15.3 Å². The van der Waals surface area contributed by atoms with Crippen molar-refractivity contribution in [3.05, 3.63) is 34.9 Å². The van der Waals surface area contributed by atoms with Crippen LogP contribution in [0.5, 0.6) is 0 Å². The molecule has 1 aromatic rings. The number of nitrogens with zero attached hydrogens (tertiary/aromatic N) is 1. The Balaban J connectivity index is 2.69. The number of benzene rings is 1. The smallest absolute Gasteiger partial charge is 0.0406 e. The Bertz CT molecular complexity index is 385. The molecule has 0 amide bonds. The van der Waals surface area contributed by atoms with Crippen molar-refractivity contribution in [3.8, 4) is 0 Å². The van der Waals surface area contributed by atoms with E-state index >= 15 is 0 Å². The summed E-state index contributed by atoms with van der Waals surface area (Å²) < 4.78 is 0. The van der Waals surface area contributed by atoms with Gasteiger partial charge in [0.15, 0.2) is 0 Å². The van der Waals surface area contributed by atoms with Crippen molar-refractivity contribution in [2.75, 3.05) is 20.6 Å². The van der Waals surface area contributed by atoms with Gasteiger partial charge in [-0.2, -0.15) is 0 Å². The van der Waals surface area contributed by atoms with Gasteiger partial charge in [-0.15, -0.1) is 0 Å². The average Bonchev–Trinajstić information content (AvgIpc) is 2.48. The van der Waals surface area contributed by atoms with Gasteiger partial charge in [-0.05, 0) is 44.1 Å². The Hall–Kier alpha value is -0.570. The van der Waals surface area contributed by atoms with Crippen molar-refractivity contribution in [2.24, 2.45) is 5.92 Å². The summed E-state index contributed by atoms with van der Waals surface area (Å²) in [7, 11) is 4.38. The summed E-state index contributed by atoms with van der Waals surface area (Å²) in [4.78, 5) is 2.36. The van der Waals surface area contributed by atoms with Crippen LogP contribution in [0.25, 0.3) is 0 Å². The molecule has 0 bridgehead atoms. The van der Waals surface area contributed by atoms with Crippen molar-refractivity contribution >= 4 is 11.6 Å². The van der Waals surface area contributed by atoms with Gasteiger partial charge in [0.1, 0.15) is 0 Å². The van der Waals surface area contributed by atoms with Crippen LogP contribution in [0.15, 0.2) is 24.3 Å². The molecule has 0 aliphatic carbocycles. The van der Waals surface area contributed by atoms with Crippen LogP contribution in [0.4, 0.5) is 0 Å². The monoisotopic (exact) mass is 310 g/mol. The fraction of sp³-hybridized carbons (Fsp3) is 0.667. The van der Waals surface area contributed by atoms with Crippen LogP contribution in [0, 0.1) is 5.92 Å². The molecule has 1 rings (SSSR count). The number of hydrogen-bond donors (Lipinski definition) is 1. The summed E-state index contributed by atoms with van der Waals surface area (Å²) >= 11 is 5.98. The third-order valence-corrected chi connectivity index (χ3v) is 4.76. The molecule has 1 aromatic carbocycles. The minimum atomic E-state index is 0.402. The van der Waals surface area contributed by atoms with Crippen molar-refractivity contribution in [2.45, 2.75) is 52.1 Å². The summed E-state index contributed by atoms with van der Waals surface area (Å²) in [6, 6.07) is 9.20. The second kappa shape index (κ2) is 9.45. The molecular formula is C18H31ClN2. The van der Waals surface area contributed by atoms with Crippen LogP contribution >= 0.6 is 11.6 Å². The zero-order chi connectivity index (χ0) is 15.8. The quantitative estimate of drug-likeness (QED) is 0.708. The Morgan fingerprint density at radius 2 is 1.57 bits per heavy atom. The lowest BCUT2D eigenvalue weighted by Gasteiger charge is -2.33. The molecule has 2 nitrogen and oxygen atoms in total. The van der Waals surface area contributed by atoms with E-state index in [2.05, 4.69) is 57.2 Å². The first-order chi connectivity index (χ1) is 10.0. The van der Waals surface area contributed by atoms with E-state index < -0.39 is 0 Å². The van der Waals surface area contributed by atoms with Gasteiger partial charge >= 0.3 is 0 Å². The SMILES string of the molecule is CCC(NCC(C(CC)CC)N(C)C)c1ccc(Cl)cc1. The number of rotatable bonds is 9. The van der Waals surface area contributed by atoms with E-state index in [9.17, 15) is 0 Å². The average molecular weight is 311 g/mol. The maximum atomic E-state index is 5.98. The highest BCUT2D eigenvalue weighted by atomic mass is 35.5. The highest BCUT2D eigenvalue weighted by Crippen LogP contribution is 2.21. The first-order valence-electron chi connectivity index (χ1n) is 8.18. The van der Waals surface area contributed by atoms with Gasteiger partial charge in [0.05, 0.1) is 0 Å². The number of halogens is 1. The summed E-state index contributed by atoms with van der Waals surface area (Å²) in [6.07, 6.45) is 3.56. The zero-order valence-electron chi connectivity index (χ0n) is 14.2. The summed E-state index contributed by atoms with van der Waals surface area (Å²) in [5.74, 6) is 0.746. The second-order valence-electron chi connectivity index (χ2n) is 6.03. The Labute approximate surface area is 135 Å². The van der Waals surface area contributed by atoms with Crippen molar-refractivity contribution in [1.29, 1.82) is 0 Å². The molecule has 0 saturated carbocycles. The van der Waals surface area contributed by atoms with Gasteiger partial charge in [0.25, 0.3) is 0 Å². The van der Waals surface area contributed by atoms with Gasteiger partial charge in [0, 0.05) is 23.7 Å². The highest BCUT2D eigenvalue weighted by molar-refractivity contribution is 6.30. The molecule has 0 spiro atoms. The molecule has 2 atom stereocenters. The van der Waals surface area contributed by atoms with Crippen molar-refractivity contribution < 1.29 is 0 Å². The van der Waals surface area contributed by atoms with Gasteiger partial charge < -0.3 is 10.2 Å². The summed E-state index contributed by atoms with van der Waals surface area (Å²) in [5, 5.41) is 4.55. The molecule has 2 unspecified atom stereocenters. The maximum Gasteiger partial charge on any atom is 0.0406 e. The number of hydrogen-bond acceptors (Lipinski definition) is 2. The van der Waals surface area contributed by atoms with E-state index in [1.54, 1.807) is 0 Å². The van der Waals surface area contributed by atoms with Crippen LogP contribution < -0.4 is 5.32 Å². The summed E-state index contributed by atoms with van der Waals surface area (Å²) in [6.45, 7) is 7.84. The normalized spacial score (nSPS) is 14.7. The standard InChI is InChI=1S/C18H31ClN2/c1-6-14(7-2)18(21(4)5)13-20-17(8-3)15-9-11-16(19)12-10-15/h9-12,14,17-18,20H,6-8,13H2,1-5H3. The Kier molecular flexibility index (Phi) is 8.31. The lowest BCUT2D eigenvalue weighted by Crippen LogP contribution is -2.43. The molecule has 1 N–H and O–H groups in total. The zero-order valence-corrected chi connectivity index (χ0v) is 15.0. The Morgan fingerprint density at radius 1 is 1.00 bits per heavy atom. The number of nitrogens with one attached hydrogen (secondary N) is 1. The molecule has 0 aliphatic rings. The molecule has 3 heteroatoms. The van der Waals surface area contributed by atoms with E-state index in [4.69, 9.17) is 11.6 Å². The molecular weight excluding hydrogens is 280 g/mol. The van der Waals surface area contributed by atoms with Crippen molar-refractivity contribution in [1.82, 2.24) is 10.2 Å². The number of likely N-dealkylation sites (N-methyl/N-ethyl adjacent to an activating group) is 1. The van der Waals surface area contributed by atoms with Gasteiger partial charge in [-0.1, -0.05) is 57.3 Å². The van der Waals surface area contributed by atoms with Crippen LogP contribution in [0.2, 0.25) is 5.02 Å². The minimum Gasteiger partial charge on any atom is -0.308 e. The van der Waals surface area contributed by atoms with Crippen molar-refractivity contribution in [3.63, 3.8) is 0 Å². The van der Waals surface area contributed by atoms with E-state index in [1.807, 2.05) is 12.1 Å². The van der Waals surface area contributed by atoms with Crippen LogP contribution in [0.3, 0.4) is 0 Å². The lowest BCUT2D eigenvalue weighted by molar-refractivity contribution is 0.189. The predicted molar refractivity (Wildman–Crippen MR) is 94.0 cm³/mol. The van der Waals surface area contributed by atoms with E-state index in [0.29, 0.717) is 12.1 Å². The van der Waals surface area contributed by atoms with Crippen LogP contribution in [-0.4, -0.2) is 31.6 Å². The first-order valence-corrected chi connectivity index (χ1v) is 8.56. The third kappa shape index (κ3) is 5.61. The molecule has 0 fully saturated rings.